The Morgan fingerprint density at radius 1 is 1.00 bits per heavy atom. The SMILES string of the molecule is O=C(COC(=O)c1ccc(CN2CCCC2=O)cc1)c1ccc(Cl)c(Cl)c1. The van der Waals surface area contributed by atoms with Gasteiger partial charge in [0.05, 0.1) is 15.6 Å². The number of rotatable bonds is 6. The molecule has 0 saturated carbocycles. The van der Waals surface area contributed by atoms with Crippen LogP contribution in [0.2, 0.25) is 10.0 Å². The number of hydrogen-bond donors (Lipinski definition) is 0. The van der Waals surface area contributed by atoms with Crippen LogP contribution in [0.5, 0.6) is 0 Å². The van der Waals surface area contributed by atoms with Crippen molar-refractivity contribution in [3.8, 4) is 0 Å². The number of ketones is 1. The largest absolute Gasteiger partial charge is 0.454 e. The minimum atomic E-state index is -0.591. The van der Waals surface area contributed by atoms with Gasteiger partial charge in [0, 0.05) is 25.1 Å². The highest BCUT2D eigenvalue weighted by Crippen LogP contribution is 2.23. The number of hydrogen-bond acceptors (Lipinski definition) is 4. The molecule has 1 amide bonds. The Hall–Kier alpha value is -2.37. The predicted octanol–water partition coefficient (Wildman–Crippen LogP) is 4.16. The van der Waals surface area contributed by atoms with Crippen LogP contribution in [-0.4, -0.2) is 35.7 Å². The van der Waals surface area contributed by atoms with Gasteiger partial charge >= 0.3 is 5.97 Å². The van der Waals surface area contributed by atoms with Crippen molar-refractivity contribution in [1.29, 1.82) is 0 Å². The van der Waals surface area contributed by atoms with E-state index in [1.165, 1.54) is 18.2 Å². The third kappa shape index (κ3) is 4.87. The summed E-state index contributed by atoms with van der Waals surface area (Å²) in [6.07, 6.45) is 1.48. The summed E-state index contributed by atoms with van der Waals surface area (Å²) in [5, 5.41) is 0.613. The third-order valence-electron chi connectivity index (χ3n) is 4.31. The van der Waals surface area contributed by atoms with Gasteiger partial charge in [0.2, 0.25) is 5.91 Å². The number of esters is 1. The Kier molecular flexibility index (Phi) is 6.14. The van der Waals surface area contributed by atoms with Crippen molar-refractivity contribution in [2.24, 2.45) is 0 Å². The lowest BCUT2D eigenvalue weighted by Crippen LogP contribution is -2.23. The molecule has 27 heavy (non-hydrogen) atoms. The van der Waals surface area contributed by atoms with Crippen LogP contribution >= 0.6 is 23.2 Å². The zero-order chi connectivity index (χ0) is 19.4. The first-order chi connectivity index (χ1) is 12.9. The van der Waals surface area contributed by atoms with Gasteiger partial charge in [-0.2, -0.15) is 0 Å². The molecular formula is C20H17Cl2NO4. The smallest absolute Gasteiger partial charge is 0.338 e. The van der Waals surface area contributed by atoms with E-state index in [0.717, 1.165) is 18.5 Å². The van der Waals surface area contributed by atoms with Crippen LogP contribution < -0.4 is 0 Å². The van der Waals surface area contributed by atoms with Gasteiger partial charge in [0.15, 0.2) is 12.4 Å². The molecule has 1 saturated heterocycles. The molecule has 0 radical (unpaired) electrons. The molecule has 0 spiro atoms. The Labute approximate surface area is 166 Å². The van der Waals surface area contributed by atoms with E-state index in [1.807, 2.05) is 0 Å². The summed E-state index contributed by atoms with van der Waals surface area (Å²) in [4.78, 5) is 37.7. The number of nitrogens with zero attached hydrogens (tertiary/aromatic N) is 1. The molecule has 0 atom stereocenters. The van der Waals surface area contributed by atoms with E-state index in [9.17, 15) is 14.4 Å². The molecule has 2 aromatic rings. The molecule has 1 fully saturated rings. The maximum Gasteiger partial charge on any atom is 0.338 e. The molecule has 5 nitrogen and oxygen atoms in total. The van der Waals surface area contributed by atoms with E-state index in [4.69, 9.17) is 27.9 Å². The molecule has 0 unspecified atom stereocenters. The maximum atomic E-state index is 12.1. The van der Waals surface area contributed by atoms with E-state index in [-0.39, 0.29) is 23.3 Å². The van der Waals surface area contributed by atoms with E-state index in [0.29, 0.717) is 29.1 Å². The fourth-order valence-corrected chi connectivity index (χ4v) is 3.10. The van der Waals surface area contributed by atoms with Gasteiger partial charge in [-0.3, -0.25) is 9.59 Å². The van der Waals surface area contributed by atoms with Crippen LogP contribution in [0.3, 0.4) is 0 Å². The molecule has 2 aromatic carbocycles. The van der Waals surface area contributed by atoms with Gasteiger partial charge in [-0.1, -0.05) is 35.3 Å². The first kappa shape index (κ1) is 19.4. The van der Waals surface area contributed by atoms with Gasteiger partial charge in [-0.05, 0) is 42.3 Å². The van der Waals surface area contributed by atoms with Crippen molar-refractivity contribution in [3.05, 3.63) is 69.2 Å². The number of carbonyl (C=O) groups excluding carboxylic acids is 3. The predicted molar refractivity (Wildman–Crippen MR) is 102 cm³/mol. The van der Waals surface area contributed by atoms with Crippen LogP contribution in [0.1, 0.15) is 39.1 Å². The van der Waals surface area contributed by atoms with Crippen molar-refractivity contribution in [2.45, 2.75) is 19.4 Å². The summed E-state index contributed by atoms with van der Waals surface area (Å²) < 4.78 is 5.08. The Morgan fingerprint density at radius 3 is 2.33 bits per heavy atom. The molecule has 3 rings (SSSR count). The first-order valence-corrected chi connectivity index (χ1v) is 9.22. The molecule has 0 bridgehead atoms. The second kappa shape index (κ2) is 8.55. The molecule has 0 aromatic heterocycles. The Bertz CT molecular complexity index is 880. The summed E-state index contributed by atoms with van der Waals surface area (Å²) in [5.74, 6) is -0.808. The van der Waals surface area contributed by atoms with Crippen LogP contribution in [-0.2, 0) is 16.1 Å². The Morgan fingerprint density at radius 2 is 1.70 bits per heavy atom. The number of halogens is 2. The van der Waals surface area contributed by atoms with Crippen LogP contribution in [0.15, 0.2) is 42.5 Å². The number of amides is 1. The number of Topliss-reactive ketones (excluding diaryl/α,β-unsaturated/α-hetero) is 1. The van der Waals surface area contributed by atoms with Crippen molar-refractivity contribution in [3.63, 3.8) is 0 Å². The summed E-state index contributed by atoms with van der Waals surface area (Å²) in [5.41, 5.74) is 1.60. The van der Waals surface area contributed by atoms with Gasteiger partial charge in [-0.15, -0.1) is 0 Å². The van der Waals surface area contributed by atoms with Crippen molar-refractivity contribution in [2.75, 3.05) is 13.2 Å². The quantitative estimate of drug-likeness (QED) is 0.534. The van der Waals surface area contributed by atoms with Gasteiger partial charge in [0.1, 0.15) is 0 Å². The van der Waals surface area contributed by atoms with E-state index in [2.05, 4.69) is 0 Å². The van der Waals surface area contributed by atoms with Gasteiger partial charge in [0.25, 0.3) is 0 Å². The van der Waals surface area contributed by atoms with Crippen LogP contribution in [0, 0.1) is 0 Å². The monoisotopic (exact) mass is 405 g/mol. The lowest BCUT2D eigenvalue weighted by atomic mass is 10.1. The van der Waals surface area contributed by atoms with Crippen molar-refractivity contribution >= 4 is 40.9 Å². The third-order valence-corrected chi connectivity index (χ3v) is 5.05. The summed E-state index contributed by atoms with van der Waals surface area (Å²) >= 11 is 11.7. The molecule has 7 heteroatoms. The van der Waals surface area contributed by atoms with E-state index < -0.39 is 5.97 Å². The highest BCUT2D eigenvalue weighted by atomic mass is 35.5. The number of benzene rings is 2. The summed E-state index contributed by atoms with van der Waals surface area (Å²) in [7, 11) is 0. The van der Waals surface area contributed by atoms with Crippen LogP contribution in [0.4, 0.5) is 0 Å². The number of ether oxygens (including phenoxy) is 1. The average molecular weight is 406 g/mol. The molecule has 0 N–H and O–H groups in total. The zero-order valence-corrected chi connectivity index (χ0v) is 15.9. The fraction of sp³-hybridized carbons (Fsp3) is 0.250. The molecular weight excluding hydrogens is 389 g/mol. The lowest BCUT2D eigenvalue weighted by Gasteiger charge is -2.15. The lowest BCUT2D eigenvalue weighted by molar-refractivity contribution is -0.128. The maximum absolute atomic E-state index is 12.1. The molecule has 1 aliphatic heterocycles. The standard InChI is InChI=1S/C20H17Cl2NO4/c21-16-8-7-15(10-17(16)22)18(24)12-27-20(26)14-5-3-13(4-6-14)11-23-9-1-2-19(23)25/h3-8,10H,1-2,9,11-12H2. The highest BCUT2D eigenvalue weighted by molar-refractivity contribution is 6.42. The topological polar surface area (TPSA) is 63.7 Å². The van der Waals surface area contributed by atoms with Crippen LogP contribution in [0.25, 0.3) is 0 Å². The van der Waals surface area contributed by atoms with Gasteiger partial charge in [-0.25, -0.2) is 4.79 Å². The fourth-order valence-electron chi connectivity index (χ4n) is 2.81. The summed E-state index contributed by atoms with van der Waals surface area (Å²) in [6.45, 7) is 0.907. The number of carbonyl (C=O) groups is 3. The summed E-state index contributed by atoms with van der Waals surface area (Å²) in [6, 6.07) is 11.3. The molecule has 0 aliphatic carbocycles. The first-order valence-electron chi connectivity index (χ1n) is 8.46. The molecule has 1 heterocycles. The minimum Gasteiger partial charge on any atom is -0.454 e. The normalized spacial score (nSPS) is 13.7. The second-order valence-electron chi connectivity index (χ2n) is 6.24. The second-order valence-corrected chi connectivity index (χ2v) is 7.06. The van der Waals surface area contributed by atoms with Crippen molar-refractivity contribution in [1.82, 2.24) is 4.90 Å². The zero-order valence-electron chi connectivity index (χ0n) is 14.4. The molecule has 1 aliphatic rings. The molecule has 140 valence electrons. The van der Waals surface area contributed by atoms with E-state index >= 15 is 0 Å². The Balaban J connectivity index is 1.55. The van der Waals surface area contributed by atoms with E-state index in [1.54, 1.807) is 29.2 Å². The minimum absolute atomic E-state index is 0.152. The average Bonchev–Trinajstić information content (AvgIpc) is 3.07. The number of likely N-dealkylation sites (tertiary alicyclic amines) is 1. The van der Waals surface area contributed by atoms with Gasteiger partial charge < -0.3 is 9.64 Å². The van der Waals surface area contributed by atoms with Crippen molar-refractivity contribution < 1.29 is 19.1 Å². The highest BCUT2D eigenvalue weighted by Gasteiger charge is 2.20.